The Morgan fingerprint density at radius 2 is 1.85 bits per heavy atom. The number of hydrogen-bond acceptors (Lipinski definition) is 4. The third-order valence-corrected chi connectivity index (χ3v) is 5.93. The van der Waals surface area contributed by atoms with Gasteiger partial charge in [0.25, 0.3) is 5.91 Å². The molecule has 2 amide bonds. The van der Waals surface area contributed by atoms with Crippen molar-refractivity contribution in [3.63, 3.8) is 0 Å². The van der Waals surface area contributed by atoms with Crippen molar-refractivity contribution in [1.82, 2.24) is 10.2 Å². The Kier molecular flexibility index (Phi) is 5.73. The Labute approximate surface area is 192 Å². The van der Waals surface area contributed by atoms with E-state index in [1.165, 1.54) is 0 Å². The van der Waals surface area contributed by atoms with Crippen LogP contribution in [0.1, 0.15) is 45.7 Å². The van der Waals surface area contributed by atoms with Gasteiger partial charge in [0.1, 0.15) is 11.3 Å². The first-order chi connectivity index (χ1) is 16.0. The van der Waals surface area contributed by atoms with Crippen molar-refractivity contribution in [2.24, 2.45) is 0 Å². The number of amides is 2. The minimum Gasteiger partial charge on any atom is -0.467 e. The van der Waals surface area contributed by atoms with Gasteiger partial charge in [-0.3, -0.25) is 9.59 Å². The molecule has 33 heavy (non-hydrogen) atoms. The van der Waals surface area contributed by atoms with Crippen LogP contribution in [0.5, 0.6) is 0 Å². The summed E-state index contributed by atoms with van der Waals surface area (Å²) >= 11 is 0. The summed E-state index contributed by atoms with van der Waals surface area (Å²) in [5, 5.41) is 3.95. The van der Waals surface area contributed by atoms with Gasteiger partial charge in [0.2, 0.25) is 5.91 Å². The Balaban J connectivity index is 1.32. The molecule has 0 saturated heterocycles. The molecule has 0 atom stereocenters. The van der Waals surface area contributed by atoms with E-state index in [1.54, 1.807) is 17.4 Å². The third kappa shape index (κ3) is 5.00. The molecule has 1 fully saturated rings. The molecule has 1 N–H and O–H groups in total. The maximum atomic E-state index is 13.3. The summed E-state index contributed by atoms with van der Waals surface area (Å²) in [4.78, 5) is 27.4. The second-order valence-corrected chi connectivity index (χ2v) is 8.71. The van der Waals surface area contributed by atoms with E-state index in [2.05, 4.69) is 5.32 Å². The van der Waals surface area contributed by atoms with Crippen LogP contribution in [0.15, 0.2) is 76.0 Å². The second-order valence-electron chi connectivity index (χ2n) is 8.71. The van der Waals surface area contributed by atoms with E-state index in [4.69, 9.17) is 8.83 Å². The molecule has 6 heteroatoms. The fourth-order valence-electron chi connectivity index (χ4n) is 3.90. The monoisotopic (exact) mass is 442 g/mol. The van der Waals surface area contributed by atoms with E-state index in [1.807, 2.05) is 61.5 Å². The van der Waals surface area contributed by atoms with E-state index in [9.17, 15) is 9.59 Å². The molecule has 2 heterocycles. The molecule has 1 aliphatic carbocycles. The zero-order valence-electron chi connectivity index (χ0n) is 18.5. The normalized spacial score (nSPS) is 13.2. The molecular weight excluding hydrogens is 416 g/mol. The van der Waals surface area contributed by atoms with Crippen molar-refractivity contribution in [3.8, 4) is 0 Å². The average molecular weight is 443 g/mol. The Bertz CT molecular complexity index is 1270. The molecular formula is C27H26N2O4. The molecule has 1 aliphatic rings. The van der Waals surface area contributed by atoms with E-state index < -0.39 is 0 Å². The van der Waals surface area contributed by atoms with Crippen molar-refractivity contribution in [2.75, 3.05) is 0 Å². The summed E-state index contributed by atoms with van der Waals surface area (Å²) in [6.45, 7) is 2.79. The summed E-state index contributed by atoms with van der Waals surface area (Å²) < 4.78 is 11.2. The topological polar surface area (TPSA) is 75.7 Å². The molecule has 168 valence electrons. The van der Waals surface area contributed by atoms with Gasteiger partial charge in [-0.05, 0) is 61.2 Å². The molecule has 0 aliphatic heterocycles. The number of aryl methyl sites for hydroxylation is 1. The van der Waals surface area contributed by atoms with Crippen molar-refractivity contribution in [3.05, 3.63) is 95.1 Å². The summed E-state index contributed by atoms with van der Waals surface area (Å²) in [5.74, 6) is 0.649. The van der Waals surface area contributed by atoms with E-state index >= 15 is 0 Å². The van der Waals surface area contributed by atoms with Gasteiger partial charge in [0, 0.05) is 29.1 Å². The molecule has 5 rings (SSSR count). The lowest BCUT2D eigenvalue weighted by molar-refractivity contribution is -0.132. The highest BCUT2D eigenvalue weighted by Gasteiger charge is 2.24. The minimum atomic E-state index is -0.0466. The average Bonchev–Trinajstić information content (AvgIpc) is 3.31. The van der Waals surface area contributed by atoms with Crippen LogP contribution >= 0.6 is 0 Å². The summed E-state index contributed by atoms with van der Waals surface area (Å²) in [5.41, 5.74) is 4.35. The van der Waals surface area contributed by atoms with Gasteiger partial charge in [-0.15, -0.1) is 0 Å². The molecule has 0 radical (unpaired) electrons. The highest BCUT2D eigenvalue weighted by Crippen LogP contribution is 2.24. The second kappa shape index (κ2) is 8.98. The first-order valence-corrected chi connectivity index (χ1v) is 11.2. The van der Waals surface area contributed by atoms with Gasteiger partial charge in [-0.25, -0.2) is 0 Å². The fraction of sp³-hybridized carbons (Fsp3) is 0.259. The lowest BCUT2D eigenvalue weighted by Crippen LogP contribution is -2.31. The summed E-state index contributed by atoms with van der Waals surface area (Å²) in [7, 11) is 0. The van der Waals surface area contributed by atoms with Gasteiger partial charge in [0.05, 0.1) is 25.5 Å². The van der Waals surface area contributed by atoms with Crippen LogP contribution < -0.4 is 5.32 Å². The highest BCUT2D eigenvalue weighted by molar-refractivity contribution is 5.94. The van der Waals surface area contributed by atoms with Gasteiger partial charge in [-0.2, -0.15) is 0 Å². The minimum absolute atomic E-state index is 0.0229. The van der Waals surface area contributed by atoms with Crippen molar-refractivity contribution in [1.29, 1.82) is 0 Å². The van der Waals surface area contributed by atoms with Crippen molar-refractivity contribution in [2.45, 2.75) is 45.3 Å². The fourth-order valence-corrected chi connectivity index (χ4v) is 3.90. The largest absolute Gasteiger partial charge is 0.467 e. The van der Waals surface area contributed by atoms with Crippen LogP contribution in [-0.2, 0) is 24.3 Å². The smallest absolute Gasteiger partial charge is 0.251 e. The number of carbonyl (C=O) groups excluding carboxylic acids is 2. The lowest BCUT2D eigenvalue weighted by atomic mass is 10.1. The zero-order valence-corrected chi connectivity index (χ0v) is 18.5. The number of nitrogens with zero attached hydrogens (tertiary/aromatic N) is 1. The zero-order chi connectivity index (χ0) is 22.8. The first kappa shape index (κ1) is 21.1. The standard InChI is InChI=1S/C27H26N2O4/c1-18-4-11-24-21(17-33-25(24)13-18)14-26(30)29(16-23-3-2-12-32-23)15-19-5-7-20(8-6-19)27(31)28-22-9-10-22/h2-8,11-13,17,22H,9-10,14-16H2,1H3,(H,28,31). The van der Waals surface area contributed by atoms with Crippen molar-refractivity contribution < 1.29 is 18.4 Å². The van der Waals surface area contributed by atoms with Crippen LogP contribution in [0.2, 0.25) is 0 Å². The van der Waals surface area contributed by atoms with Crippen LogP contribution in [-0.4, -0.2) is 22.8 Å². The molecule has 1 saturated carbocycles. The summed E-state index contributed by atoms with van der Waals surface area (Å²) in [6, 6.07) is 17.4. The SMILES string of the molecule is Cc1ccc2c(CC(=O)N(Cc3ccc(C(=O)NC4CC4)cc3)Cc3ccco3)coc2c1. The van der Waals surface area contributed by atoms with Crippen LogP contribution in [0.4, 0.5) is 0 Å². The van der Waals surface area contributed by atoms with Gasteiger partial charge in [0.15, 0.2) is 0 Å². The van der Waals surface area contributed by atoms with E-state index in [0.29, 0.717) is 24.7 Å². The summed E-state index contributed by atoms with van der Waals surface area (Å²) in [6.07, 6.45) is 5.62. The van der Waals surface area contributed by atoms with Gasteiger partial charge in [-0.1, -0.05) is 24.3 Å². The third-order valence-electron chi connectivity index (χ3n) is 5.93. The molecule has 0 unspecified atom stereocenters. The number of hydrogen-bond donors (Lipinski definition) is 1. The molecule has 0 spiro atoms. The predicted molar refractivity (Wildman–Crippen MR) is 125 cm³/mol. The van der Waals surface area contributed by atoms with E-state index in [0.717, 1.165) is 46.3 Å². The lowest BCUT2D eigenvalue weighted by Gasteiger charge is -2.22. The predicted octanol–water partition coefficient (Wildman–Crippen LogP) is 5.00. The Morgan fingerprint density at radius 3 is 2.58 bits per heavy atom. The maximum Gasteiger partial charge on any atom is 0.251 e. The van der Waals surface area contributed by atoms with Crippen LogP contribution in [0, 0.1) is 6.92 Å². The number of fused-ring (bicyclic) bond motifs is 1. The quantitative estimate of drug-likeness (QED) is 0.417. The number of nitrogens with one attached hydrogen (secondary N) is 1. The highest BCUT2D eigenvalue weighted by atomic mass is 16.3. The number of rotatable bonds is 8. The maximum absolute atomic E-state index is 13.3. The molecule has 6 nitrogen and oxygen atoms in total. The first-order valence-electron chi connectivity index (χ1n) is 11.2. The molecule has 2 aromatic carbocycles. The molecule has 2 aromatic heterocycles. The van der Waals surface area contributed by atoms with Gasteiger partial charge >= 0.3 is 0 Å². The Morgan fingerprint density at radius 1 is 1.03 bits per heavy atom. The Hall–Kier alpha value is -3.80. The molecule has 4 aromatic rings. The number of carbonyl (C=O) groups is 2. The van der Waals surface area contributed by atoms with Crippen LogP contribution in [0.3, 0.4) is 0 Å². The number of benzene rings is 2. The number of furan rings is 2. The van der Waals surface area contributed by atoms with Crippen molar-refractivity contribution >= 4 is 22.8 Å². The van der Waals surface area contributed by atoms with E-state index in [-0.39, 0.29) is 18.2 Å². The van der Waals surface area contributed by atoms with Crippen LogP contribution in [0.25, 0.3) is 11.0 Å². The van der Waals surface area contributed by atoms with Gasteiger partial charge < -0.3 is 19.1 Å². The molecule has 0 bridgehead atoms.